The molecule has 0 bridgehead atoms. The van der Waals surface area contributed by atoms with Gasteiger partial charge in [-0.3, -0.25) is 4.79 Å². The average Bonchev–Trinajstić information content (AvgIpc) is 3.00. The fraction of sp³-hybridized carbons (Fsp3) is 0.786. The molecule has 1 fully saturated rings. The molecule has 2 heterocycles. The van der Waals surface area contributed by atoms with E-state index in [-0.39, 0.29) is 11.8 Å². The van der Waals surface area contributed by atoms with Gasteiger partial charge >= 0.3 is 0 Å². The van der Waals surface area contributed by atoms with Crippen LogP contribution in [0.4, 0.5) is 5.13 Å². The number of anilines is 1. The Morgan fingerprint density at radius 3 is 2.56 bits per heavy atom. The lowest BCUT2D eigenvalue weighted by atomic mass is 9.97. The number of carbonyl (C=O) groups is 1. The molecule has 1 aromatic heterocycles. The van der Waals surface area contributed by atoms with E-state index >= 15 is 0 Å². The largest absolute Gasteiger partial charge is 0.300 e. The van der Waals surface area contributed by atoms with Crippen LogP contribution in [0.2, 0.25) is 0 Å². The summed E-state index contributed by atoms with van der Waals surface area (Å²) in [5.74, 6) is 1.21. The molecule has 1 aromatic rings. The number of piperidine rings is 1. The monoisotopic (exact) mass is 407 g/mol. The molecule has 25 heavy (non-hydrogen) atoms. The van der Waals surface area contributed by atoms with Gasteiger partial charge in [0, 0.05) is 38.9 Å². The van der Waals surface area contributed by atoms with Crippen LogP contribution in [-0.2, 0) is 15.0 Å². The van der Waals surface area contributed by atoms with Gasteiger partial charge < -0.3 is 5.32 Å². The maximum atomic E-state index is 12.4. The predicted molar refractivity (Wildman–Crippen MR) is 101 cm³/mol. The minimum Gasteiger partial charge on any atom is -0.300 e. The van der Waals surface area contributed by atoms with E-state index in [4.69, 9.17) is 0 Å². The van der Waals surface area contributed by atoms with E-state index in [1.807, 2.05) is 0 Å². The van der Waals surface area contributed by atoms with Gasteiger partial charge in [-0.1, -0.05) is 36.9 Å². The maximum absolute atomic E-state index is 12.4. The topological polar surface area (TPSA) is 95.5 Å². The molecule has 0 radical (unpaired) electrons. The van der Waals surface area contributed by atoms with Gasteiger partial charge in [0.25, 0.3) is 10.2 Å². The van der Waals surface area contributed by atoms with Gasteiger partial charge in [-0.15, -0.1) is 10.2 Å². The number of aromatic nitrogens is 2. The molecule has 0 spiro atoms. The smallest absolute Gasteiger partial charge is 0.281 e. The second-order valence-corrected chi connectivity index (χ2v) is 10.9. The van der Waals surface area contributed by atoms with Crippen LogP contribution in [-0.4, -0.2) is 66.1 Å². The van der Waals surface area contributed by atoms with Crippen LogP contribution in [0.15, 0.2) is 4.34 Å². The van der Waals surface area contributed by atoms with Crippen molar-refractivity contribution in [3.8, 4) is 0 Å². The van der Waals surface area contributed by atoms with Gasteiger partial charge in [0.1, 0.15) is 0 Å². The summed E-state index contributed by atoms with van der Waals surface area (Å²) in [6.45, 7) is 4.98. The Kier molecular flexibility index (Phi) is 7.20. The fourth-order valence-electron chi connectivity index (χ4n) is 2.34. The number of amides is 1. The third-order valence-corrected chi connectivity index (χ3v) is 8.13. The number of thioether (sulfide) groups is 1. The Morgan fingerprint density at radius 2 is 2.00 bits per heavy atom. The molecule has 0 aromatic carbocycles. The van der Waals surface area contributed by atoms with Crippen molar-refractivity contribution >= 4 is 44.3 Å². The van der Waals surface area contributed by atoms with E-state index in [1.54, 1.807) is 11.8 Å². The standard InChI is InChI=1S/C14H25N5O3S3/c1-10(2)9-23-14-17-16-13(24-14)15-12(20)11-5-7-19(8-6-11)25(21,22)18(3)4/h10-11H,5-9H2,1-4H3,(H,15,16,20). The highest BCUT2D eigenvalue weighted by Crippen LogP contribution is 2.28. The third kappa shape index (κ3) is 5.61. The summed E-state index contributed by atoms with van der Waals surface area (Å²) in [5, 5.41) is 11.4. The molecule has 1 aliphatic heterocycles. The van der Waals surface area contributed by atoms with Crippen LogP contribution < -0.4 is 5.32 Å². The van der Waals surface area contributed by atoms with Crippen molar-refractivity contribution in [2.75, 3.05) is 38.3 Å². The van der Waals surface area contributed by atoms with Crippen molar-refractivity contribution in [1.29, 1.82) is 0 Å². The van der Waals surface area contributed by atoms with Gasteiger partial charge in [0.15, 0.2) is 4.34 Å². The highest BCUT2D eigenvalue weighted by atomic mass is 32.2. The lowest BCUT2D eigenvalue weighted by Gasteiger charge is -2.31. The summed E-state index contributed by atoms with van der Waals surface area (Å²) in [7, 11) is -0.381. The van der Waals surface area contributed by atoms with Crippen molar-refractivity contribution in [2.24, 2.45) is 11.8 Å². The first kappa shape index (κ1) is 20.6. The van der Waals surface area contributed by atoms with Crippen molar-refractivity contribution < 1.29 is 13.2 Å². The van der Waals surface area contributed by atoms with Gasteiger partial charge in [0.2, 0.25) is 11.0 Å². The molecular formula is C14H25N5O3S3. The first-order chi connectivity index (χ1) is 11.7. The zero-order valence-electron chi connectivity index (χ0n) is 14.9. The van der Waals surface area contributed by atoms with Crippen LogP contribution in [0.25, 0.3) is 0 Å². The highest BCUT2D eigenvalue weighted by molar-refractivity contribution is 8.01. The van der Waals surface area contributed by atoms with Crippen molar-refractivity contribution in [2.45, 2.75) is 31.0 Å². The van der Waals surface area contributed by atoms with E-state index < -0.39 is 10.2 Å². The second kappa shape index (κ2) is 8.76. The number of nitrogens with zero attached hydrogens (tertiary/aromatic N) is 4. The van der Waals surface area contributed by atoms with E-state index in [2.05, 4.69) is 29.4 Å². The molecule has 0 unspecified atom stereocenters. The van der Waals surface area contributed by atoms with Crippen molar-refractivity contribution in [1.82, 2.24) is 18.8 Å². The molecule has 11 heteroatoms. The van der Waals surface area contributed by atoms with E-state index in [0.717, 1.165) is 10.1 Å². The zero-order valence-corrected chi connectivity index (χ0v) is 17.4. The predicted octanol–water partition coefficient (Wildman–Crippen LogP) is 1.74. The number of hydrogen-bond donors (Lipinski definition) is 1. The van der Waals surface area contributed by atoms with Gasteiger partial charge in [0.05, 0.1) is 0 Å². The quantitative estimate of drug-likeness (QED) is 0.546. The molecule has 1 saturated heterocycles. The number of rotatable bonds is 7. The third-order valence-electron chi connectivity index (χ3n) is 3.79. The SMILES string of the molecule is CC(C)CSc1nnc(NC(=O)C2CCN(S(=O)(=O)N(C)C)CC2)s1. The zero-order chi connectivity index (χ0) is 18.6. The lowest BCUT2D eigenvalue weighted by molar-refractivity contribution is -0.120. The first-order valence-corrected chi connectivity index (χ1v) is 11.3. The summed E-state index contributed by atoms with van der Waals surface area (Å²) in [6.07, 6.45) is 1.01. The minimum atomic E-state index is -3.41. The highest BCUT2D eigenvalue weighted by Gasteiger charge is 2.32. The molecule has 1 N–H and O–H groups in total. The van der Waals surface area contributed by atoms with Crippen molar-refractivity contribution in [3.63, 3.8) is 0 Å². The fourth-order valence-corrected chi connectivity index (χ4v) is 5.21. The van der Waals surface area contributed by atoms with Crippen LogP contribution >= 0.6 is 23.1 Å². The average molecular weight is 408 g/mol. The molecule has 2 rings (SSSR count). The Bertz CT molecular complexity index is 682. The van der Waals surface area contributed by atoms with E-state index in [9.17, 15) is 13.2 Å². The summed E-state index contributed by atoms with van der Waals surface area (Å²) in [4.78, 5) is 12.4. The normalized spacial score (nSPS) is 17.4. The summed E-state index contributed by atoms with van der Waals surface area (Å²) >= 11 is 3.01. The van der Waals surface area contributed by atoms with Crippen LogP contribution in [0.1, 0.15) is 26.7 Å². The second-order valence-electron chi connectivity index (χ2n) is 6.53. The van der Waals surface area contributed by atoms with Crippen LogP contribution in [0, 0.1) is 11.8 Å². The van der Waals surface area contributed by atoms with Crippen LogP contribution in [0.3, 0.4) is 0 Å². The Morgan fingerprint density at radius 1 is 1.36 bits per heavy atom. The molecule has 0 atom stereocenters. The Balaban J connectivity index is 1.85. The van der Waals surface area contributed by atoms with Gasteiger partial charge in [-0.05, 0) is 18.8 Å². The minimum absolute atomic E-state index is 0.113. The summed E-state index contributed by atoms with van der Waals surface area (Å²) < 4.78 is 27.7. The number of hydrogen-bond acceptors (Lipinski definition) is 7. The van der Waals surface area contributed by atoms with Crippen LogP contribution in [0.5, 0.6) is 0 Å². The molecule has 0 saturated carbocycles. The van der Waals surface area contributed by atoms with E-state index in [1.165, 1.54) is 34.0 Å². The number of nitrogens with one attached hydrogen (secondary N) is 1. The molecule has 0 aliphatic carbocycles. The Hall–Kier alpha value is -0.750. The van der Waals surface area contributed by atoms with E-state index in [0.29, 0.717) is 37.0 Å². The summed E-state index contributed by atoms with van der Waals surface area (Å²) in [5.41, 5.74) is 0. The molecule has 8 nitrogen and oxygen atoms in total. The molecule has 142 valence electrons. The lowest BCUT2D eigenvalue weighted by Crippen LogP contribution is -2.46. The van der Waals surface area contributed by atoms with Gasteiger partial charge in [-0.2, -0.15) is 17.0 Å². The van der Waals surface area contributed by atoms with Crippen molar-refractivity contribution in [3.05, 3.63) is 0 Å². The molecular weight excluding hydrogens is 382 g/mol. The number of carbonyl (C=O) groups excluding carboxylic acids is 1. The first-order valence-electron chi connectivity index (χ1n) is 8.15. The molecule has 1 amide bonds. The maximum Gasteiger partial charge on any atom is 0.281 e. The summed E-state index contributed by atoms with van der Waals surface area (Å²) in [6, 6.07) is 0. The molecule has 1 aliphatic rings. The Labute approximate surface area is 157 Å². The van der Waals surface area contributed by atoms with Gasteiger partial charge in [-0.25, -0.2) is 0 Å².